The first-order valence-corrected chi connectivity index (χ1v) is 8.98. The van der Waals surface area contributed by atoms with Gasteiger partial charge in [-0.1, -0.05) is 6.92 Å². The van der Waals surface area contributed by atoms with Crippen molar-refractivity contribution in [3.63, 3.8) is 0 Å². The molecule has 0 aliphatic carbocycles. The normalized spacial score (nSPS) is 12.0. The van der Waals surface area contributed by atoms with Gasteiger partial charge in [-0.15, -0.1) is 11.3 Å². The molecule has 3 aromatic rings. The highest BCUT2D eigenvalue weighted by atomic mass is 32.1. The number of hydrogen-bond acceptors (Lipinski definition) is 6. The van der Waals surface area contributed by atoms with Crippen molar-refractivity contribution in [2.24, 2.45) is 0 Å². The second-order valence-corrected chi connectivity index (χ2v) is 6.53. The minimum Gasteiger partial charge on any atom is -0.489 e. The van der Waals surface area contributed by atoms with Gasteiger partial charge in [-0.25, -0.2) is 9.97 Å². The van der Waals surface area contributed by atoms with Crippen LogP contribution in [-0.2, 0) is 0 Å². The van der Waals surface area contributed by atoms with Crippen LogP contribution >= 0.6 is 11.3 Å². The predicted molar refractivity (Wildman–Crippen MR) is 101 cm³/mol. The summed E-state index contributed by atoms with van der Waals surface area (Å²) in [6.45, 7) is 4.05. The number of fused-ring (bicyclic) bond motifs is 1. The molecule has 2 aromatic heterocycles. The molecule has 0 saturated heterocycles. The highest BCUT2D eigenvalue weighted by molar-refractivity contribution is 7.17. The number of ether oxygens (including phenoxy) is 1. The fourth-order valence-electron chi connectivity index (χ4n) is 2.31. The molecule has 0 radical (unpaired) electrons. The molecule has 1 aromatic carbocycles. The van der Waals surface area contributed by atoms with E-state index in [0.717, 1.165) is 28.1 Å². The highest BCUT2D eigenvalue weighted by Gasteiger charge is 2.14. The van der Waals surface area contributed by atoms with E-state index in [1.54, 1.807) is 30.5 Å². The predicted octanol–water partition coefficient (Wildman–Crippen LogP) is 3.97. The standard InChI is InChI=1S/C18H20N4O2S/c1-4-11(2)24-15-9-12(18(23)19-3)5-6-13(15)22-17-16-14(7-8-25-16)20-10-21-17/h5-11H,4H2,1-3H3,(H,19,23)(H,20,21,22). The maximum absolute atomic E-state index is 11.9. The van der Waals surface area contributed by atoms with E-state index in [9.17, 15) is 4.79 Å². The molecule has 3 rings (SSSR count). The minimum absolute atomic E-state index is 0.0349. The number of carbonyl (C=O) groups is 1. The van der Waals surface area contributed by atoms with Crippen molar-refractivity contribution in [3.05, 3.63) is 41.5 Å². The Hall–Kier alpha value is -2.67. The van der Waals surface area contributed by atoms with Crippen LogP contribution in [0.5, 0.6) is 5.75 Å². The average Bonchev–Trinajstić information content (AvgIpc) is 3.12. The number of carbonyl (C=O) groups excluding carboxylic acids is 1. The molecule has 0 saturated carbocycles. The summed E-state index contributed by atoms with van der Waals surface area (Å²) in [5.41, 5.74) is 2.21. The molecule has 130 valence electrons. The lowest BCUT2D eigenvalue weighted by Crippen LogP contribution is -2.18. The van der Waals surface area contributed by atoms with E-state index >= 15 is 0 Å². The van der Waals surface area contributed by atoms with E-state index in [1.165, 1.54) is 6.33 Å². The van der Waals surface area contributed by atoms with E-state index in [1.807, 2.05) is 24.4 Å². The highest BCUT2D eigenvalue weighted by Crippen LogP contribution is 2.33. The summed E-state index contributed by atoms with van der Waals surface area (Å²) in [4.78, 5) is 20.5. The summed E-state index contributed by atoms with van der Waals surface area (Å²) in [7, 11) is 1.61. The summed E-state index contributed by atoms with van der Waals surface area (Å²) in [5, 5.41) is 7.93. The van der Waals surface area contributed by atoms with Crippen molar-refractivity contribution in [1.29, 1.82) is 0 Å². The van der Waals surface area contributed by atoms with Crippen LogP contribution in [0, 0.1) is 0 Å². The molecule has 0 fully saturated rings. The van der Waals surface area contributed by atoms with Crippen LogP contribution < -0.4 is 15.4 Å². The topological polar surface area (TPSA) is 76.1 Å². The number of anilines is 2. The molecule has 1 atom stereocenters. The Morgan fingerprint density at radius 1 is 1.32 bits per heavy atom. The van der Waals surface area contributed by atoms with E-state index in [4.69, 9.17) is 4.74 Å². The fourth-order valence-corrected chi connectivity index (χ4v) is 3.10. The molecule has 2 N–H and O–H groups in total. The van der Waals surface area contributed by atoms with Gasteiger partial charge in [0.2, 0.25) is 0 Å². The molecule has 0 aliphatic rings. The van der Waals surface area contributed by atoms with Crippen molar-refractivity contribution in [2.75, 3.05) is 12.4 Å². The molecule has 0 spiro atoms. The van der Waals surface area contributed by atoms with Gasteiger partial charge in [0.05, 0.1) is 22.0 Å². The van der Waals surface area contributed by atoms with Gasteiger partial charge in [-0.3, -0.25) is 4.79 Å². The SMILES string of the molecule is CCC(C)Oc1cc(C(=O)NC)ccc1Nc1ncnc2ccsc12. The molecule has 7 heteroatoms. The number of thiophene rings is 1. The third kappa shape index (κ3) is 3.71. The van der Waals surface area contributed by atoms with Crippen LogP contribution in [0.1, 0.15) is 30.6 Å². The Morgan fingerprint density at radius 2 is 2.16 bits per heavy atom. The molecule has 1 amide bonds. The first-order valence-electron chi connectivity index (χ1n) is 8.10. The van der Waals surface area contributed by atoms with Crippen LogP contribution in [0.3, 0.4) is 0 Å². The lowest BCUT2D eigenvalue weighted by atomic mass is 10.1. The van der Waals surface area contributed by atoms with Crippen molar-refractivity contribution in [2.45, 2.75) is 26.4 Å². The third-order valence-corrected chi connectivity index (χ3v) is 4.78. The average molecular weight is 356 g/mol. The van der Waals surface area contributed by atoms with Gasteiger partial charge in [0.25, 0.3) is 5.91 Å². The molecule has 0 aliphatic heterocycles. The fraction of sp³-hybridized carbons (Fsp3) is 0.278. The Labute approximate surface area is 150 Å². The molecule has 1 unspecified atom stereocenters. The van der Waals surface area contributed by atoms with Gasteiger partial charge in [0, 0.05) is 12.6 Å². The van der Waals surface area contributed by atoms with Crippen molar-refractivity contribution < 1.29 is 9.53 Å². The van der Waals surface area contributed by atoms with Gasteiger partial charge in [0.1, 0.15) is 12.1 Å². The Kier molecular flexibility index (Phi) is 5.14. The Morgan fingerprint density at radius 3 is 2.92 bits per heavy atom. The monoisotopic (exact) mass is 356 g/mol. The van der Waals surface area contributed by atoms with Gasteiger partial charge < -0.3 is 15.4 Å². The lowest BCUT2D eigenvalue weighted by molar-refractivity contribution is 0.0962. The molecule has 0 bridgehead atoms. The number of hydrogen-bond donors (Lipinski definition) is 2. The second kappa shape index (κ2) is 7.48. The molecule has 25 heavy (non-hydrogen) atoms. The number of rotatable bonds is 6. The van der Waals surface area contributed by atoms with Crippen LogP contribution in [0.2, 0.25) is 0 Å². The summed E-state index contributed by atoms with van der Waals surface area (Å²) < 4.78 is 6.99. The molecular formula is C18H20N4O2S. The zero-order valence-corrected chi connectivity index (χ0v) is 15.2. The summed E-state index contributed by atoms with van der Waals surface area (Å²) in [6.07, 6.45) is 2.44. The number of benzene rings is 1. The zero-order chi connectivity index (χ0) is 17.8. The van der Waals surface area contributed by atoms with E-state index in [-0.39, 0.29) is 12.0 Å². The van der Waals surface area contributed by atoms with Crippen LogP contribution in [0.25, 0.3) is 10.2 Å². The first-order chi connectivity index (χ1) is 12.1. The minimum atomic E-state index is -0.150. The number of amides is 1. The maximum atomic E-state index is 11.9. The smallest absolute Gasteiger partial charge is 0.251 e. The van der Waals surface area contributed by atoms with Gasteiger partial charge in [-0.2, -0.15) is 0 Å². The molecule has 6 nitrogen and oxygen atoms in total. The van der Waals surface area contributed by atoms with Gasteiger partial charge >= 0.3 is 0 Å². The quantitative estimate of drug-likeness (QED) is 0.699. The molecule has 2 heterocycles. The van der Waals surface area contributed by atoms with Gasteiger partial charge in [0.15, 0.2) is 5.82 Å². The molecular weight excluding hydrogens is 336 g/mol. The van der Waals surface area contributed by atoms with Crippen molar-refractivity contribution in [3.8, 4) is 5.75 Å². The van der Waals surface area contributed by atoms with E-state index in [0.29, 0.717) is 11.3 Å². The van der Waals surface area contributed by atoms with Gasteiger partial charge in [-0.05, 0) is 43.0 Å². The van der Waals surface area contributed by atoms with E-state index in [2.05, 4.69) is 27.5 Å². The van der Waals surface area contributed by atoms with Crippen molar-refractivity contribution in [1.82, 2.24) is 15.3 Å². The van der Waals surface area contributed by atoms with Crippen LogP contribution in [-0.4, -0.2) is 29.0 Å². The largest absolute Gasteiger partial charge is 0.489 e. The first kappa shape index (κ1) is 17.2. The summed E-state index contributed by atoms with van der Waals surface area (Å²) in [5.74, 6) is 1.20. The number of aromatic nitrogens is 2. The van der Waals surface area contributed by atoms with Crippen LogP contribution in [0.15, 0.2) is 36.0 Å². The number of nitrogens with zero attached hydrogens (tertiary/aromatic N) is 2. The maximum Gasteiger partial charge on any atom is 0.251 e. The Bertz CT molecular complexity index is 894. The third-order valence-electron chi connectivity index (χ3n) is 3.87. The lowest BCUT2D eigenvalue weighted by Gasteiger charge is -2.18. The zero-order valence-electron chi connectivity index (χ0n) is 14.4. The van der Waals surface area contributed by atoms with Crippen molar-refractivity contribution >= 4 is 39.0 Å². The van der Waals surface area contributed by atoms with Crippen LogP contribution in [0.4, 0.5) is 11.5 Å². The number of nitrogens with one attached hydrogen (secondary N) is 2. The second-order valence-electron chi connectivity index (χ2n) is 5.61. The summed E-state index contributed by atoms with van der Waals surface area (Å²) >= 11 is 1.58. The summed E-state index contributed by atoms with van der Waals surface area (Å²) in [6, 6.07) is 7.31. The van der Waals surface area contributed by atoms with E-state index < -0.39 is 0 Å². The Balaban J connectivity index is 1.99.